The summed E-state index contributed by atoms with van der Waals surface area (Å²) in [6, 6.07) is 3.79. The van der Waals surface area contributed by atoms with Gasteiger partial charge in [0, 0.05) is 12.6 Å². The first-order valence-electron chi connectivity index (χ1n) is 5.95. The number of carbonyl (C=O) groups is 1. The molecule has 21 heavy (non-hydrogen) atoms. The normalized spacial score (nSPS) is 16.4. The molecule has 1 fully saturated rings. The molecule has 0 aromatic heterocycles. The molecule has 0 heterocycles. The number of nitro benzene ring substituents is 1. The van der Waals surface area contributed by atoms with Crippen LogP contribution in [0.2, 0.25) is 5.02 Å². The molecule has 0 radical (unpaired) electrons. The van der Waals surface area contributed by atoms with E-state index in [2.05, 4.69) is 5.32 Å². The van der Waals surface area contributed by atoms with Crippen LogP contribution in [0.5, 0.6) is 0 Å². The summed E-state index contributed by atoms with van der Waals surface area (Å²) >= 11 is 5.62. The molecule has 0 bridgehead atoms. The molecule has 0 aliphatic heterocycles. The van der Waals surface area contributed by atoms with Crippen LogP contribution in [-0.2, 0) is 11.3 Å². The zero-order chi connectivity index (χ0) is 15.8. The molecule has 2 rings (SSSR count). The smallest absolute Gasteiger partial charge is 0.351 e. The van der Waals surface area contributed by atoms with Crippen LogP contribution in [0.15, 0.2) is 18.2 Å². The summed E-state index contributed by atoms with van der Waals surface area (Å²) in [5.41, 5.74) is -2.36. The summed E-state index contributed by atoms with van der Waals surface area (Å²) < 4.78 is 38.2. The molecule has 1 aromatic rings. The second-order valence-electron chi connectivity index (χ2n) is 4.81. The van der Waals surface area contributed by atoms with Gasteiger partial charge in [0.15, 0.2) is 0 Å². The first kappa shape index (κ1) is 15.6. The summed E-state index contributed by atoms with van der Waals surface area (Å²) in [5, 5.41) is 12.8. The zero-order valence-electron chi connectivity index (χ0n) is 10.5. The van der Waals surface area contributed by atoms with Gasteiger partial charge >= 0.3 is 6.18 Å². The molecule has 0 atom stereocenters. The van der Waals surface area contributed by atoms with Gasteiger partial charge in [0.25, 0.3) is 5.69 Å². The Balaban J connectivity index is 2.06. The van der Waals surface area contributed by atoms with Crippen molar-refractivity contribution < 1.29 is 22.9 Å². The fraction of sp³-hybridized carbons (Fsp3) is 0.417. The lowest BCUT2D eigenvalue weighted by atomic mass is 10.1. The minimum absolute atomic E-state index is 0.0796. The Bertz CT molecular complexity index is 600. The van der Waals surface area contributed by atoms with E-state index in [4.69, 9.17) is 11.6 Å². The lowest BCUT2D eigenvalue weighted by Gasteiger charge is -2.18. The molecular formula is C12H10ClF3N2O3. The number of alkyl halides is 3. The third-order valence-electron chi connectivity index (χ3n) is 3.39. The average Bonchev–Trinajstić information content (AvgIpc) is 3.17. The van der Waals surface area contributed by atoms with Gasteiger partial charge in [0.2, 0.25) is 5.91 Å². The molecule has 1 aromatic carbocycles. The maximum Gasteiger partial charge on any atom is 0.403 e. The van der Waals surface area contributed by atoms with Gasteiger partial charge < -0.3 is 5.32 Å². The van der Waals surface area contributed by atoms with Crippen molar-refractivity contribution in [3.05, 3.63) is 38.9 Å². The highest BCUT2D eigenvalue weighted by Gasteiger charge is 2.68. The Kier molecular flexibility index (Phi) is 3.83. The number of rotatable bonds is 4. The van der Waals surface area contributed by atoms with Gasteiger partial charge in [-0.25, -0.2) is 0 Å². The lowest BCUT2D eigenvalue weighted by Crippen LogP contribution is -2.40. The predicted molar refractivity (Wildman–Crippen MR) is 67.7 cm³/mol. The van der Waals surface area contributed by atoms with Gasteiger partial charge in [-0.05, 0) is 24.5 Å². The van der Waals surface area contributed by atoms with Crippen molar-refractivity contribution >= 4 is 23.2 Å². The van der Waals surface area contributed by atoms with Crippen LogP contribution in [0.1, 0.15) is 18.4 Å². The van der Waals surface area contributed by atoms with Crippen LogP contribution in [-0.4, -0.2) is 17.0 Å². The fourth-order valence-electron chi connectivity index (χ4n) is 1.92. The molecule has 1 saturated carbocycles. The number of hydrogen-bond donors (Lipinski definition) is 1. The van der Waals surface area contributed by atoms with Crippen molar-refractivity contribution in [2.75, 3.05) is 0 Å². The number of nitro groups is 1. The summed E-state index contributed by atoms with van der Waals surface area (Å²) in [5.74, 6) is -1.10. The minimum atomic E-state index is -4.58. The summed E-state index contributed by atoms with van der Waals surface area (Å²) in [4.78, 5) is 21.6. The van der Waals surface area contributed by atoms with Crippen LogP contribution in [0.3, 0.4) is 0 Å². The van der Waals surface area contributed by atoms with Crippen molar-refractivity contribution in [2.45, 2.75) is 25.6 Å². The van der Waals surface area contributed by atoms with Gasteiger partial charge in [-0.3, -0.25) is 14.9 Å². The van der Waals surface area contributed by atoms with E-state index in [0.29, 0.717) is 5.56 Å². The van der Waals surface area contributed by atoms with E-state index in [9.17, 15) is 28.1 Å². The maximum atomic E-state index is 12.7. The van der Waals surface area contributed by atoms with E-state index in [1.165, 1.54) is 12.1 Å². The number of benzene rings is 1. The first-order valence-corrected chi connectivity index (χ1v) is 6.33. The number of amides is 1. The molecular weight excluding hydrogens is 313 g/mol. The number of halogens is 4. The fourth-order valence-corrected chi connectivity index (χ4v) is 2.11. The van der Waals surface area contributed by atoms with Crippen molar-refractivity contribution in [3.63, 3.8) is 0 Å². The Morgan fingerprint density at radius 3 is 2.52 bits per heavy atom. The first-order chi connectivity index (χ1) is 9.67. The van der Waals surface area contributed by atoms with E-state index in [1.807, 2.05) is 0 Å². The van der Waals surface area contributed by atoms with E-state index in [1.54, 1.807) is 0 Å². The minimum Gasteiger partial charge on any atom is -0.351 e. The van der Waals surface area contributed by atoms with Crippen molar-refractivity contribution in [1.82, 2.24) is 5.32 Å². The molecule has 1 aliphatic rings. The van der Waals surface area contributed by atoms with Crippen LogP contribution in [0.4, 0.5) is 18.9 Å². The van der Waals surface area contributed by atoms with E-state index < -0.39 is 22.4 Å². The number of hydrogen-bond acceptors (Lipinski definition) is 3. The van der Waals surface area contributed by atoms with Crippen molar-refractivity contribution in [1.29, 1.82) is 0 Å². The summed E-state index contributed by atoms with van der Waals surface area (Å²) in [7, 11) is 0. The molecule has 0 saturated heterocycles. The van der Waals surface area contributed by atoms with Crippen LogP contribution >= 0.6 is 11.6 Å². The molecule has 5 nitrogen and oxygen atoms in total. The third-order valence-corrected chi connectivity index (χ3v) is 3.71. The second-order valence-corrected chi connectivity index (χ2v) is 5.21. The summed E-state index contributed by atoms with van der Waals surface area (Å²) in [6.07, 6.45) is -5.05. The quantitative estimate of drug-likeness (QED) is 0.683. The Morgan fingerprint density at radius 2 is 2.05 bits per heavy atom. The highest BCUT2D eigenvalue weighted by Crippen LogP contribution is 2.57. The van der Waals surface area contributed by atoms with Crippen molar-refractivity contribution in [3.8, 4) is 0 Å². The highest BCUT2D eigenvalue weighted by atomic mass is 35.5. The van der Waals surface area contributed by atoms with Crippen LogP contribution < -0.4 is 5.32 Å². The van der Waals surface area contributed by atoms with E-state index in [-0.39, 0.29) is 30.1 Å². The number of nitrogens with one attached hydrogen (secondary N) is 1. The molecule has 1 aliphatic carbocycles. The maximum absolute atomic E-state index is 12.7. The molecule has 114 valence electrons. The van der Waals surface area contributed by atoms with E-state index in [0.717, 1.165) is 6.07 Å². The number of carbonyl (C=O) groups excluding carboxylic acids is 1. The lowest BCUT2D eigenvalue weighted by molar-refractivity contribution is -0.384. The van der Waals surface area contributed by atoms with Gasteiger partial charge in [-0.2, -0.15) is 13.2 Å². The van der Waals surface area contributed by atoms with Gasteiger partial charge in [0.1, 0.15) is 10.4 Å². The van der Waals surface area contributed by atoms with Gasteiger partial charge in [-0.15, -0.1) is 0 Å². The Labute approximate surface area is 122 Å². The molecule has 0 unspecified atom stereocenters. The Morgan fingerprint density at radius 1 is 1.43 bits per heavy atom. The molecule has 0 spiro atoms. The third kappa shape index (κ3) is 2.94. The zero-order valence-corrected chi connectivity index (χ0v) is 11.3. The van der Waals surface area contributed by atoms with E-state index >= 15 is 0 Å². The highest BCUT2D eigenvalue weighted by molar-refractivity contribution is 6.32. The molecule has 1 amide bonds. The monoisotopic (exact) mass is 322 g/mol. The van der Waals surface area contributed by atoms with Crippen molar-refractivity contribution in [2.24, 2.45) is 5.41 Å². The van der Waals surface area contributed by atoms with Gasteiger partial charge in [0.05, 0.1) is 4.92 Å². The largest absolute Gasteiger partial charge is 0.403 e. The topological polar surface area (TPSA) is 72.2 Å². The van der Waals surface area contributed by atoms with Crippen LogP contribution in [0.25, 0.3) is 0 Å². The number of nitrogens with zero attached hydrogens (tertiary/aromatic N) is 1. The standard InChI is InChI=1S/C12H10ClF3N2O3/c13-8-2-1-7(5-9(8)18(20)21)6-17-10(19)11(3-4-11)12(14,15)16/h1-2,5H,3-4,6H2,(H,17,19). The van der Waals surface area contributed by atoms with Gasteiger partial charge in [-0.1, -0.05) is 17.7 Å². The summed E-state index contributed by atoms with van der Waals surface area (Å²) in [6.45, 7) is -0.228. The average molecular weight is 323 g/mol. The predicted octanol–water partition coefficient (Wildman–Crippen LogP) is 3.21. The van der Waals surface area contributed by atoms with Crippen LogP contribution in [0, 0.1) is 15.5 Å². The SMILES string of the molecule is O=C(NCc1ccc(Cl)c([N+](=O)[O-])c1)C1(C(F)(F)F)CC1. The molecule has 1 N–H and O–H groups in total. The Hall–Kier alpha value is -1.83. The second kappa shape index (κ2) is 5.18. The molecule has 9 heteroatoms.